The zero-order chi connectivity index (χ0) is 26.9. The number of hydrogen-bond donors (Lipinski definition) is 0. The Kier molecular flexibility index (Phi) is 6.39. The van der Waals surface area contributed by atoms with E-state index in [1.54, 1.807) is 20.8 Å². The number of benzene rings is 1. The molecular formula is C31H42N2O4. The third-order valence-electron chi connectivity index (χ3n) is 9.51. The van der Waals surface area contributed by atoms with Crippen molar-refractivity contribution in [3.8, 4) is 0 Å². The van der Waals surface area contributed by atoms with Crippen LogP contribution in [0.25, 0.3) is 21.5 Å². The van der Waals surface area contributed by atoms with Crippen molar-refractivity contribution in [1.82, 2.24) is 9.13 Å². The highest BCUT2D eigenvalue weighted by Crippen LogP contribution is 2.43. The van der Waals surface area contributed by atoms with Gasteiger partial charge in [-0.3, -0.25) is 28.3 Å². The van der Waals surface area contributed by atoms with E-state index in [0.29, 0.717) is 11.3 Å². The maximum atomic E-state index is 13.4. The molecular weight excluding hydrogens is 464 g/mol. The lowest BCUT2D eigenvalue weighted by Crippen LogP contribution is -2.38. The van der Waals surface area contributed by atoms with Gasteiger partial charge in [-0.05, 0) is 101 Å². The molecule has 0 radical (unpaired) electrons. The average Bonchev–Trinajstić information content (AvgIpc) is 3.22. The van der Waals surface area contributed by atoms with Gasteiger partial charge < -0.3 is 0 Å². The van der Waals surface area contributed by atoms with Crippen molar-refractivity contribution in [2.45, 2.75) is 111 Å². The highest BCUT2D eigenvalue weighted by molar-refractivity contribution is 5.97. The second kappa shape index (κ2) is 9.06. The third-order valence-corrected chi connectivity index (χ3v) is 9.51. The van der Waals surface area contributed by atoms with Crippen LogP contribution in [0.2, 0.25) is 0 Å². The molecule has 0 amide bonds. The summed E-state index contributed by atoms with van der Waals surface area (Å²) in [4.78, 5) is 52.7. The summed E-state index contributed by atoms with van der Waals surface area (Å²) in [5.41, 5.74) is -1.70. The molecule has 6 heteroatoms. The highest BCUT2D eigenvalue weighted by atomic mass is 16.2. The molecule has 37 heavy (non-hydrogen) atoms. The SMILES string of the molecule is CC(C)(C)C1CCC(CC2CCC(n3c(=O)c4cc5c(=O)n(C(C)(C)C)c(=O)c5cc4c3=O)CC2)CC1. The van der Waals surface area contributed by atoms with E-state index < -0.39 is 16.7 Å². The van der Waals surface area contributed by atoms with Crippen LogP contribution in [0.4, 0.5) is 0 Å². The highest BCUT2D eigenvalue weighted by Gasteiger charge is 2.33. The lowest BCUT2D eigenvalue weighted by molar-refractivity contribution is 0.129. The summed E-state index contributed by atoms with van der Waals surface area (Å²) in [6.07, 6.45) is 10.4. The lowest BCUT2D eigenvalue weighted by Gasteiger charge is -2.38. The summed E-state index contributed by atoms with van der Waals surface area (Å²) in [6.45, 7) is 12.5. The molecule has 3 aromatic rings. The largest absolute Gasteiger partial charge is 0.271 e. The van der Waals surface area contributed by atoms with E-state index in [9.17, 15) is 19.2 Å². The Morgan fingerprint density at radius 3 is 1.43 bits per heavy atom. The number of rotatable bonds is 3. The first-order chi connectivity index (χ1) is 17.3. The summed E-state index contributed by atoms with van der Waals surface area (Å²) in [5, 5.41) is 0.981. The van der Waals surface area contributed by atoms with E-state index in [4.69, 9.17) is 0 Å². The molecule has 0 spiro atoms. The minimum absolute atomic E-state index is 0.104. The normalized spacial score (nSPS) is 25.8. The van der Waals surface area contributed by atoms with Crippen LogP contribution in [0.15, 0.2) is 31.3 Å². The Bertz CT molecular complexity index is 1440. The number of nitrogens with zero attached hydrogens (tertiary/aromatic N) is 2. The quantitative estimate of drug-likeness (QED) is 0.460. The first-order valence-corrected chi connectivity index (χ1v) is 14.2. The molecule has 2 aromatic heterocycles. The van der Waals surface area contributed by atoms with Gasteiger partial charge in [0.05, 0.1) is 21.5 Å². The smallest absolute Gasteiger partial charge is 0.262 e. The number of fused-ring (bicyclic) bond motifs is 2. The number of aromatic nitrogens is 2. The Hall–Kier alpha value is -2.50. The van der Waals surface area contributed by atoms with Crippen molar-refractivity contribution in [3.63, 3.8) is 0 Å². The Morgan fingerprint density at radius 2 is 1.03 bits per heavy atom. The van der Waals surface area contributed by atoms with Crippen LogP contribution in [0.5, 0.6) is 0 Å². The molecule has 0 aliphatic heterocycles. The van der Waals surface area contributed by atoms with Gasteiger partial charge in [-0.25, -0.2) is 0 Å². The summed E-state index contributed by atoms with van der Waals surface area (Å²) in [5.74, 6) is 2.31. The van der Waals surface area contributed by atoms with Crippen molar-refractivity contribution in [3.05, 3.63) is 53.5 Å². The lowest BCUT2D eigenvalue weighted by atomic mass is 9.67. The third kappa shape index (κ3) is 4.55. The minimum Gasteiger partial charge on any atom is -0.271 e. The molecule has 200 valence electrons. The summed E-state index contributed by atoms with van der Waals surface area (Å²) < 4.78 is 2.64. The number of hydrogen-bond acceptors (Lipinski definition) is 4. The van der Waals surface area contributed by atoms with Crippen LogP contribution < -0.4 is 22.2 Å². The van der Waals surface area contributed by atoms with Crippen molar-refractivity contribution in [1.29, 1.82) is 0 Å². The van der Waals surface area contributed by atoms with Gasteiger partial charge in [0.2, 0.25) is 0 Å². The van der Waals surface area contributed by atoms with Crippen molar-refractivity contribution in [2.24, 2.45) is 23.2 Å². The van der Waals surface area contributed by atoms with Gasteiger partial charge in [0.15, 0.2) is 0 Å². The van der Waals surface area contributed by atoms with E-state index in [2.05, 4.69) is 20.8 Å². The van der Waals surface area contributed by atoms with Crippen molar-refractivity contribution >= 4 is 21.5 Å². The first kappa shape index (κ1) is 26.1. The second-order valence-electron chi connectivity index (χ2n) is 14.0. The van der Waals surface area contributed by atoms with E-state index >= 15 is 0 Å². The Morgan fingerprint density at radius 1 is 0.622 bits per heavy atom. The second-order valence-corrected chi connectivity index (χ2v) is 14.0. The summed E-state index contributed by atoms with van der Waals surface area (Å²) in [6, 6.07) is 2.86. The molecule has 2 fully saturated rings. The van der Waals surface area contributed by atoms with Crippen LogP contribution >= 0.6 is 0 Å². The minimum atomic E-state index is -0.678. The van der Waals surface area contributed by atoms with Gasteiger partial charge in [-0.2, -0.15) is 0 Å². The van der Waals surface area contributed by atoms with Gasteiger partial charge >= 0.3 is 0 Å². The fourth-order valence-electron chi connectivity index (χ4n) is 7.31. The fourth-order valence-corrected chi connectivity index (χ4v) is 7.31. The maximum absolute atomic E-state index is 13.4. The van der Waals surface area contributed by atoms with E-state index in [0.717, 1.165) is 37.5 Å². The molecule has 0 N–H and O–H groups in total. The molecule has 5 rings (SSSR count). The average molecular weight is 507 g/mol. The molecule has 6 nitrogen and oxygen atoms in total. The predicted octanol–water partition coefficient (Wildman–Crippen LogP) is 5.64. The molecule has 2 aliphatic rings. The topological polar surface area (TPSA) is 78.1 Å². The van der Waals surface area contributed by atoms with Gasteiger partial charge in [0.1, 0.15) is 0 Å². The van der Waals surface area contributed by atoms with Crippen molar-refractivity contribution in [2.75, 3.05) is 0 Å². The molecule has 0 bridgehead atoms. The van der Waals surface area contributed by atoms with E-state index in [1.165, 1.54) is 53.4 Å². The van der Waals surface area contributed by atoms with Crippen LogP contribution in [0, 0.1) is 23.2 Å². The van der Waals surface area contributed by atoms with E-state index in [1.807, 2.05) is 0 Å². The van der Waals surface area contributed by atoms with Crippen LogP contribution in [-0.4, -0.2) is 9.13 Å². The molecule has 0 saturated heterocycles. The predicted molar refractivity (Wildman–Crippen MR) is 150 cm³/mol. The van der Waals surface area contributed by atoms with Gasteiger partial charge in [0, 0.05) is 11.6 Å². The van der Waals surface area contributed by atoms with E-state index in [-0.39, 0.29) is 38.7 Å². The molecule has 2 saturated carbocycles. The monoisotopic (exact) mass is 506 g/mol. The zero-order valence-electron chi connectivity index (χ0n) is 23.4. The fraction of sp³-hybridized carbons (Fsp3) is 0.677. The molecule has 2 heterocycles. The van der Waals surface area contributed by atoms with Crippen molar-refractivity contribution < 1.29 is 0 Å². The Balaban J connectivity index is 1.34. The maximum Gasteiger partial charge on any atom is 0.262 e. The molecule has 1 aromatic carbocycles. The molecule has 0 atom stereocenters. The first-order valence-electron chi connectivity index (χ1n) is 14.2. The summed E-state index contributed by atoms with van der Waals surface area (Å²) >= 11 is 0. The Labute approximate surface area is 218 Å². The molecule has 0 unspecified atom stereocenters. The van der Waals surface area contributed by atoms with Crippen LogP contribution in [0.3, 0.4) is 0 Å². The molecule has 2 aliphatic carbocycles. The van der Waals surface area contributed by atoms with Gasteiger partial charge in [0.25, 0.3) is 22.2 Å². The van der Waals surface area contributed by atoms with Crippen LogP contribution in [-0.2, 0) is 5.54 Å². The van der Waals surface area contributed by atoms with Gasteiger partial charge in [-0.1, -0.05) is 33.6 Å². The zero-order valence-corrected chi connectivity index (χ0v) is 23.4. The summed E-state index contributed by atoms with van der Waals surface area (Å²) in [7, 11) is 0. The van der Waals surface area contributed by atoms with Crippen LogP contribution in [0.1, 0.15) is 105 Å². The van der Waals surface area contributed by atoms with Gasteiger partial charge in [-0.15, -0.1) is 0 Å². The standard InChI is InChI=1S/C31H42N2O4/c1-30(2,3)20-11-7-18(8-12-20)15-19-9-13-21(14-10-19)32-26(34)22-16-24-25(17-23(22)27(32)35)29(37)33(28(24)36)31(4,5)6/h16-21H,7-15H2,1-6H3.